The zero-order chi connectivity index (χ0) is 28.6. The van der Waals surface area contributed by atoms with Gasteiger partial charge in [-0.1, -0.05) is 56.4 Å². The first kappa shape index (κ1) is 32.7. The second kappa shape index (κ2) is 17.3. The van der Waals surface area contributed by atoms with Crippen LogP contribution in [-0.2, 0) is 35.5 Å². The topological polar surface area (TPSA) is 103 Å². The second-order valence-electron chi connectivity index (χ2n) is 9.44. The summed E-state index contributed by atoms with van der Waals surface area (Å²) in [5.41, 5.74) is -0.179. The molecule has 0 aliphatic heterocycles. The number of nitrogens with zero attached hydrogens (tertiary/aromatic N) is 2. The quantitative estimate of drug-likeness (QED) is 0.0856. The van der Waals surface area contributed by atoms with E-state index in [0.717, 1.165) is 28.7 Å². The Kier molecular flexibility index (Phi) is 14.5. The molecule has 0 aliphatic rings. The minimum absolute atomic E-state index is 0.147. The molecular weight excluding hydrogens is 540 g/mol. The van der Waals surface area contributed by atoms with Gasteiger partial charge in [-0.05, 0) is 81.5 Å². The monoisotopic (exact) mass is 580 g/mol. The van der Waals surface area contributed by atoms with Gasteiger partial charge >= 0.3 is 11.9 Å². The van der Waals surface area contributed by atoms with Gasteiger partial charge in [0.1, 0.15) is 0 Å². The van der Waals surface area contributed by atoms with Gasteiger partial charge < -0.3 is 9.47 Å². The fourth-order valence-corrected chi connectivity index (χ4v) is 5.94. The molecule has 216 valence electrons. The van der Waals surface area contributed by atoms with E-state index in [4.69, 9.17) is 21.3 Å². The summed E-state index contributed by atoms with van der Waals surface area (Å²) in [7, 11) is -3.75. The number of aryl methyl sites for hydroxylation is 1. The second-order valence-corrected chi connectivity index (χ2v) is 11.9. The van der Waals surface area contributed by atoms with E-state index >= 15 is 0 Å². The number of sulfonamides is 1. The van der Waals surface area contributed by atoms with Crippen molar-refractivity contribution in [3.05, 3.63) is 60.4 Å². The fraction of sp³-hybridized carbons (Fsp3) is 0.552. The molecule has 0 amide bonds. The van der Waals surface area contributed by atoms with Crippen molar-refractivity contribution in [3.8, 4) is 0 Å². The normalized spacial score (nSPS) is 11.9. The Hall–Kier alpha value is -2.49. The molecule has 0 saturated heterocycles. The van der Waals surface area contributed by atoms with Gasteiger partial charge in [0.25, 0.3) is 10.0 Å². The lowest BCUT2D eigenvalue weighted by atomic mass is 9.77. The van der Waals surface area contributed by atoms with Gasteiger partial charge in [-0.3, -0.25) is 14.6 Å². The van der Waals surface area contributed by atoms with E-state index < -0.39 is 27.4 Å². The van der Waals surface area contributed by atoms with E-state index in [9.17, 15) is 18.0 Å². The van der Waals surface area contributed by atoms with Crippen molar-refractivity contribution in [3.63, 3.8) is 0 Å². The zero-order valence-corrected chi connectivity index (χ0v) is 24.6. The molecule has 0 saturated carbocycles. The molecule has 39 heavy (non-hydrogen) atoms. The molecule has 10 heteroatoms. The molecule has 1 heterocycles. The van der Waals surface area contributed by atoms with Crippen LogP contribution < -0.4 is 0 Å². The summed E-state index contributed by atoms with van der Waals surface area (Å²) in [6, 6.07) is 12.0. The number of halogens is 1. The van der Waals surface area contributed by atoms with Crippen LogP contribution in [0.5, 0.6) is 0 Å². The third kappa shape index (κ3) is 10.2. The Morgan fingerprint density at radius 1 is 0.846 bits per heavy atom. The average molecular weight is 581 g/mol. The molecule has 0 unspecified atom stereocenters. The summed E-state index contributed by atoms with van der Waals surface area (Å²) in [6.07, 6.45) is 10.2. The number of esters is 2. The van der Waals surface area contributed by atoms with Crippen LogP contribution in [0.4, 0.5) is 0 Å². The number of aromatic nitrogens is 1. The molecule has 0 spiro atoms. The summed E-state index contributed by atoms with van der Waals surface area (Å²) in [5.74, 6) is -1.06. The highest BCUT2D eigenvalue weighted by molar-refractivity contribution is 7.90. The third-order valence-corrected chi connectivity index (χ3v) is 8.90. The fourth-order valence-electron chi connectivity index (χ4n) is 4.48. The number of hydrogen-bond acceptors (Lipinski definition) is 7. The van der Waals surface area contributed by atoms with E-state index in [-0.39, 0.29) is 24.7 Å². The van der Waals surface area contributed by atoms with Gasteiger partial charge in [0.2, 0.25) is 0 Å². The van der Waals surface area contributed by atoms with Crippen LogP contribution in [0.1, 0.15) is 77.2 Å². The van der Waals surface area contributed by atoms with E-state index in [2.05, 4.69) is 4.98 Å². The molecule has 0 radical (unpaired) electrons. The summed E-state index contributed by atoms with van der Waals surface area (Å²) in [5, 5.41) is 0. The number of unbranched alkanes of at least 4 members (excludes halogenated alkanes) is 5. The van der Waals surface area contributed by atoms with Gasteiger partial charge in [0.05, 0.1) is 18.1 Å². The standard InChI is InChI=1S/C29H41ClN2O6S/c1-3-37-27(33)29(28(34)38-4-2,21-13-8-9-16-25-17-15-22-31-24-25)20-12-5-6-14-23-32(30)39(35,36)26-18-10-7-11-19-26/h7,10-11,15,17-19,22,24H,3-6,8-9,12-14,16,20-21,23H2,1-2H3. The molecule has 0 atom stereocenters. The Morgan fingerprint density at radius 2 is 1.44 bits per heavy atom. The summed E-state index contributed by atoms with van der Waals surface area (Å²) in [6.45, 7) is 3.98. The minimum atomic E-state index is -3.75. The molecule has 1 aromatic heterocycles. The van der Waals surface area contributed by atoms with Gasteiger partial charge in [-0.25, -0.2) is 8.42 Å². The van der Waals surface area contributed by atoms with E-state index in [1.54, 1.807) is 38.2 Å². The maximum Gasteiger partial charge on any atom is 0.323 e. The van der Waals surface area contributed by atoms with Crippen LogP contribution >= 0.6 is 11.8 Å². The molecule has 2 rings (SSSR count). The summed E-state index contributed by atoms with van der Waals surface area (Å²) < 4.78 is 36.7. The van der Waals surface area contributed by atoms with Crippen molar-refractivity contribution in [1.29, 1.82) is 0 Å². The Morgan fingerprint density at radius 3 is 2.00 bits per heavy atom. The lowest BCUT2D eigenvalue weighted by molar-refractivity contribution is -0.173. The van der Waals surface area contributed by atoms with Crippen LogP contribution in [0, 0.1) is 5.41 Å². The smallest absolute Gasteiger partial charge is 0.323 e. The van der Waals surface area contributed by atoms with Crippen molar-refractivity contribution < 1.29 is 27.5 Å². The zero-order valence-electron chi connectivity index (χ0n) is 23.0. The van der Waals surface area contributed by atoms with Gasteiger partial charge in [-0.15, -0.1) is 3.82 Å². The molecule has 0 fully saturated rings. The van der Waals surface area contributed by atoms with Crippen LogP contribution in [0.15, 0.2) is 59.8 Å². The van der Waals surface area contributed by atoms with E-state index in [0.29, 0.717) is 44.9 Å². The largest absolute Gasteiger partial charge is 0.465 e. The first-order valence-corrected chi connectivity index (χ1v) is 15.5. The number of hydrogen-bond donors (Lipinski definition) is 0. The van der Waals surface area contributed by atoms with E-state index in [1.807, 2.05) is 18.3 Å². The lowest BCUT2D eigenvalue weighted by Gasteiger charge is -2.29. The van der Waals surface area contributed by atoms with Crippen LogP contribution in [0.2, 0.25) is 0 Å². The summed E-state index contributed by atoms with van der Waals surface area (Å²) >= 11 is 6.09. The number of carbonyl (C=O) groups is 2. The average Bonchev–Trinajstić information content (AvgIpc) is 2.94. The maximum atomic E-state index is 13.1. The minimum Gasteiger partial charge on any atom is -0.465 e. The third-order valence-electron chi connectivity index (χ3n) is 6.61. The molecule has 8 nitrogen and oxygen atoms in total. The Balaban J connectivity index is 1.91. The Bertz CT molecular complexity index is 1080. The maximum absolute atomic E-state index is 13.1. The van der Waals surface area contributed by atoms with Gasteiger partial charge in [-0.2, -0.15) is 0 Å². The highest BCUT2D eigenvalue weighted by atomic mass is 35.5. The number of ether oxygens (including phenoxy) is 2. The first-order valence-electron chi connectivity index (χ1n) is 13.7. The first-order chi connectivity index (χ1) is 18.8. The SMILES string of the molecule is CCOC(=O)C(CCCCCCN(Cl)S(=O)(=O)c1ccccc1)(CCCCCc1cccnc1)C(=O)OCC. The van der Waals surface area contributed by atoms with E-state index in [1.165, 1.54) is 12.1 Å². The van der Waals surface area contributed by atoms with Crippen LogP contribution in [0.3, 0.4) is 0 Å². The van der Waals surface area contributed by atoms with Gasteiger partial charge in [0.15, 0.2) is 5.41 Å². The number of benzene rings is 1. The Labute approximate surface area is 238 Å². The van der Waals surface area contributed by atoms with Crippen molar-refractivity contribution in [2.75, 3.05) is 19.8 Å². The molecule has 2 aromatic rings. The molecule has 0 N–H and O–H groups in total. The number of rotatable bonds is 19. The van der Waals surface area contributed by atoms with Crippen molar-refractivity contribution in [1.82, 2.24) is 8.81 Å². The van der Waals surface area contributed by atoms with Crippen molar-refractivity contribution in [2.45, 2.75) is 83.0 Å². The summed E-state index contributed by atoms with van der Waals surface area (Å²) in [4.78, 5) is 30.5. The highest BCUT2D eigenvalue weighted by Crippen LogP contribution is 2.35. The predicted octanol–water partition coefficient (Wildman–Crippen LogP) is 6.09. The molecule has 0 bridgehead atoms. The van der Waals surface area contributed by atoms with Crippen molar-refractivity contribution in [2.24, 2.45) is 5.41 Å². The molecule has 0 aliphatic carbocycles. The lowest BCUT2D eigenvalue weighted by Crippen LogP contribution is -2.42. The van der Waals surface area contributed by atoms with Crippen LogP contribution in [0.25, 0.3) is 0 Å². The van der Waals surface area contributed by atoms with Crippen molar-refractivity contribution >= 4 is 33.7 Å². The number of carbonyl (C=O) groups excluding carboxylic acids is 2. The van der Waals surface area contributed by atoms with Crippen LogP contribution in [-0.4, -0.2) is 48.9 Å². The number of pyridine rings is 1. The predicted molar refractivity (Wildman–Crippen MR) is 151 cm³/mol. The molecular formula is C29H41ClN2O6S. The highest BCUT2D eigenvalue weighted by Gasteiger charge is 2.47. The van der Waals surface area contributed by atoms with Gasteiger partial charge in [0, 0.05) is 18.9 Å². The molecule has 1 aromatic carbocycles.